The van der Waals surface area contributed by atoms with E-state index in [9.17, 15) is 0 Å². The summed E-state index contributed by atoms with van der Waals surface area (Å²) in [6.07, 6.45) is 2.07. The minimum Gasteiger partial charge on any atom is -0.374 e. The van der Waals surface area contributed by atoms with E-state index in [0.717, 1.165) is 0 Å². The van der Waals surface area contributed by atoms with Gasteiger partial charge in [0.2, 0.25) is 0 Å². The van der Waals surface area contributed by atoms with Gasteiger partial charge in [-0.3, -0.25) is 0 Å². The van der Waals surface area contributed by atoms with E-state index in [0.29, 0.717) is 24.2 Å². The summed E-state index contributed by atoms with van der Waals surface area (Å²) in [7, 11) is 4.26. The van der Waals surface area contributed by atoms with E-state index < -0.39 is 0 Å². The van der Waals surface area contributed by atoms with Crippen molar-refractivity contribution >= 4 is 0 Å². The monoisotopic (exact) mass is 171 g/mol. The Hall–Kier alpha value is -0.0800. The molecule has 0 radical (unpaired) electrons. The predicted molar refractivity (Wildman–Crippen MR) is 51.3 cm³/mol. The third-order valence-electron chi connectivity index (χ3n) is 3.05. The summed E-state index contributed by atoms with van der Waals surface area (Å²) in [5.41, 5.74) is 0. The fraction of sp³-hybridized carbons (Fsp3) is 1.00. The molecule has 0 spiro atoms. The average Bonchev–Trinajstić information content (AvgIpc) is 1.96. The fourth-order valence-corrected chi connectivity index (χ4v) is 1.96. The Morgan fingerprint density at radius 3 is 2.17 bits per heavy atom. The molecule has 0 aromatic carbocycles. The molecule has 0 N–H and O–H groups in total. The predicted octanol–water partition coefficient (Wildman–Crippen LogP) is 1.75. The van der Waals surface area contributed by atoms with Crippen molar-refractivity contribution in [2.45, 2.75) is 45.4 Å². The Balaban J connectivity index is 2.55. The molecule has 72 valence electrons. The first kappa shape index (κ1) is 10.0. The van der Waals surface area contributed by atoms with Gasteiger partial charge in [-0.25, -0.2) is 0 Å². The molecule has 1 fully saturated rings. The van der Waals surface area contributed by atoms with Gasteiger partial charge in [0.1, 0.15) is 0 Å². The lowest BCUT2D eigenvalue weighted by Gasteiger charge is -2.40. The van der Waals surface area contributed by atoms with Crippen LogP contribution in [0.4, 0.5) is 0 Å². The highest BCUT2D eigenvalue weighted by molar-refractivity contribution is 4.83. The molecule has 4 unspecified atom stereocenters. The maximum absolute atomic E-state index is 5.83. The third-order valence-corrected chi connectivity index (χ3v) is 3.05. The van der Waals surface area contributed by atoms with Gasteiger partial charge in [0.25, 0.3) is 0 Å². The molecule has 4 atom stereocenters. The van der Waals surface area contributed by atoms with Crippen LogP contribution in [0.5, 0.6) is 0 Å². The lowest BCUT2D eigenvalue weighted by molar-refractivity contribution is -0.0991. The zero-order valence-corrected chi connectivity index (χ0v) is 8.87. The van der Waals surface area contributed by atoms with Crippen LogP contribution in [0.25, 0.3) is 0 Å². The fourth-order valence-electron chi connectivity index (χ4n) is 1.96. The lowest BCUT2D eigenvalue weighted by atomic mass is 9.90. The SMILES string of the molecule is CC1CC(N(C)C)C(C)OC1C. The molecule has 2 heteroatoms. The minimum atomic E-state index is 0.381. The summed E-state index contributed by atoms with van der Waals surface area (Å²) < 4.78 is 5.83. The molecule has 12 heavy (non-hydrogen) atoms. The first-order valence-corrected chi connectivity index (χ1v) is 4.84. The number of hydrogen-bond acceptors (Lipinski definition) is 2. The van der Waals surface area contributed by atoms with Gasteiger partial charge in [-0.1, -0.05) is 6.92 Å². The van der Waals surface area contributed by atoms with Gasteiger partial charge in [-0.2, -0.15) is 0 Å². The Kier molecular flexibility index (Phi) is 3.13. The zero-order chi connectivity index (χ0) is 9.30. The van der Waals surface area contributed by atoms with Crippen LogP contribution in [0, 0.1) is 5.92 Å². The summed E-state index contributed by atoms with van der Waals surface area (Å²) in [5, 5.41) is 0. The van der Waals surface area contributed by atoms with Crippen molar-refractivity contribution in [3.05, 3.63) is 0 Å². The van der Waals surface area contributed by atoms with Crippen molar-refractivity contribution in [3.63, 3.8) is 0 Å². The van der Waals surface area contributed by atoms with Crippen molar-refractivity contribution in [1.29, 1.82) is 0 Å². The van der Waals surface area contributed by atoms with Gasteiger partial charge in [-0.05, 0) is 40.3 Å². The van der Waals surface area contributed by atoms with E-state index in [4.69, 9.17) is 4.74 Å². The standard InChI is InChI=1S/C10H21NO/c1-7-6-10(11(4)5)9(3)12-8(7)2/h7-10H,6H2,1-5H3. The van der Waals surface area contributed by atoms with Crippen LogP contribution in [-0.2, 0) is 4.74 Å². The van der Waals surface area contributed by atoms with Crippen molar-refractivity contribution in [1.82, 2.24) is 4.90 Å². The summed E-state index contributed by atoms with van der Waals surface area (Å²) in [4.78, 5) is 2.27. The molecule has 0 saturated carbocycles. The zero-order valence-electron chi connectivity index (χ0n) is 8.87. The van der Waals surface area contributed by atoms with Crippen LogP contribution < -0.4 is 0 Å². The van der Waals surface area contributed by atoms with Crippen LogP contribution in [-0.4, -0.2) is 37.2 Å². The molecule has 0 bridgehead atoms. The van der Waals surface area contributed by atoms with Crippen LogP contribution in [0.3, 0.4) is 0 Å². The summed E-state index contributed by atoms with van der Waals surface area (Å²) in [5.74, 6) is 0.689. The van der Waals surface area contributed by atoms with Crippen LogP contribution in [0.2, 0.25) is 0 Å². The molecule has 1 aliphatic heterocycles. The van der Waals surface area contributed by atoms with Gasteiger partial charge in [0.05, 0.1) is 12.2 Å². The topological polar surface area (TPSA) is 12.5 Å². The second-order valence-electron chi connectivity index (χ2n) is 4.29. The van der Waals surface area contributed by atoms with Crippen molar-refractivity contribution < 1.29 is 4.74 Å². The summed E-state index contributed by atoms with van der Waals surface area (Å²) in [6, 6.07) is 0.594. The van der Waals surface area contributed by atoms with E-state index in [2.05, 4.69) is 39.8 Å². The molecule has 1 heterocycles. The van der Waals surface area contributed by atoms with Crippen LogP contribution >= 0.6 is 0 Å². The summed E-state index contributed by atoms with van der Waals surface area (Å²) in [6.45, 7) is 6.62. The molecular formula is C10H21NO. The van der Waals surface area contributed by atoms with Crippen molar-refractivity contribution in [2.24, 2.45) is 5.92 Å². The van der Waals surface area contributed by atoms with Gasteiger partial charge in [0, 0.05) is 6.04 Å². The normalized spacial score (nSPS) is 43.5. The number of rotatable bonds is 1. The van der Waals surface area contributed by atoms with Gasteiger partial charge in [-0.15, -0.1) is 0 Å². The highest BCUT2D eigenvalue weighted by Gasteiger charge is 2.31. The minimum absolute atomic E-state index is 0.381. The largest absolute Gasteiger partial charge is 0.374 e. The number of hydrogen-bond donors (Lipinski definition) is 0. The second kappa shape index (κ2) is 3.75. The Morgan fingerprint density at radius 1 is 1.08 bits per heavy atom. The van der Waals surface area contributed by atoms with Gasteiger partial charge >= 0.3 is 0 Å². The molecular weight excluding hydrogens is 150 g/mol. The third kappa shape index (κ3) is 1.99. The van der Waals surface area contributed by atoms with E-state index in [1.165, 1.54) is 6.42 Å². The molecule has 0 amide bonds. The highest BCUT2D eigenvalue weighted by Crippen LogP contribution is 2.26. The van der Waals surface area contributed by atoms with E-state index in [1.807, 2.05) is 0 Å². The van der Waals surface area contributed by atoms with Crippen molar-refractivity contribution in [2.75, 3.05) is 14.1 Å². The molecule has 1 aliphatic rings. The molecule has 0 aromatic heterocycles. The first-order chi connectivity index (χ1) is 5.52. The Morgan fingerprint density at radius 2 is 1.67 bits per heavy atom. The molecule has 2 nitrogen and oxygen atoms in total. The number of ether oxygens (including phenoxy) is 1. The molecule has 0 aliphatic carbocycles. The quantitative estimate of drug-likeness (QED) is 0.596. The van der Waals surface area contributed by atoms with Crippen LogP contribution in [0.15, 0.2) is 0 Å². The molecule has 0 aromatic rings. The molecule has 1 rings (SSSR count). The maximum atomic E-state index is 5.83. The van der Waals surface area contributed by atoms with E-state index in [-0.39, 0.29) is 0 Å². The Bertz CT molecular complexity index is 147. The maximum Gasteiger partial charge on any atom is 0.0705 e. The van der Waals surface area contributed by atoms with E-state index >= 15 is 0 Å². The van der Waals surface area contributed by atoms with Gasteiger partial charge in [0.15, 0.2) is 0 Å². The molecule has 1 saturated heterocycles. The number of nitrogens with zero attached hydrogens (tertiary/aromatic N) is 1. The average molecular weight is 171 g/mol. The van der Waals surface area contributed by atoms with E-state index in [1.54, 1.807) is 0 Å². The summed E-state index contributed by atoms with van der Waals surface area (Å²) >= 11 is 0. The smallest absolute Gasteiger partial charge is 0.0705 e. The Labute approximate surface area is 75.9 Å². The first-order valence-electron chi connectivity index (χ1n) is 4.84. The van der Waals surface area contributed by atoms with Gasteiger partial charge < -0.3 is 9.64 Å². The lowest BCUT2D eigenvalue weighted by Crippen LogP contribution is -2.47. The highest BCUT2D eigenvalue weighted by atomic mass is 16.5. The number of likely N-dealkylation sites (N-methyl/N-ethyl adjacent to an activating group) is 1. The second-order valence-corrected chi connectivity index (χ2v) is 4.29. The van der Waals surface area contributed by atoms with Crippen molar-refractivity contribution in [3.8, 4) is 0 Å². The van der Waals surface area contributed by atoms with Crippen LogP contribution in [0.1, 0.15) is 27.2 Å².